The summed E-state index contributed by atoms with van der Waals surface area (Å²) in [6.07, 6.45) is 71.4. The fourth-order valence-corrected chi connectivity index (χ4v) is 7.97. The molecule has 0 aromatic rings. The topological polar surface area (TPSA) is 155 Å². The number of phosphoric acid groups is 1. The van der Waals surface area contributed by atoms with Crippen LogP contribution in [0.5, 0.6) is 0 Å². The number of carbonyl (C=O) groups is 3. The summed E-state index contributed by atoms with van der Waals surface area (Å²) in [6, 6.07) is 0. The molecule has 0 aromatic carbocycles. The standard InChI is InChI=1S/C64H103O11P/c1-4-7-10-13-16-19-22-25-27-29-30-32-33-36-38-41-44-47-50-53-62(66)71-57-61(75-64(68)55-52-49-46-43-40-37-34-31-28-26-23-20-17-14-11-8-5-2)59-73-76(69,70)72-58-60(56-65)74-63(67)54-51-48-45-42-39-35-24-21-18-15-12-9-6-3/h7-8,10-11,16-17,19-21,24-28,30,32,34,36-38,44,47,60-61,65H,4-6,9,12-15,18,22-23,29,31,33,35,39-43,45-46,48-59H2,1-3H3,(H,69,70)/b10-7-,11-8-,19-16-,20-17-,24-21-,27-25-,28-26-,32-30-,37-34-,38-36-,47-44-. The number of aliphatic hydroxyl groups excluding tert-OH is 1. The van der Waals surface area contributed by atoms with Crippen molar-refractivity contribution in [2.45, 2.75) is 226 Å². The SMILES string of the molecule is CC/C=C\C/C=C\C/C=C\C/C=C\C/C=C\C/C=C\CCC(=O)OCC(COP(=O)(O)OCC(CO)OC(=O)CCCCCCC/C=C\CCCCCC)OC(=O)CCCCCC/C=C\C/C=C\C/C=C\C/C=C\CC. The van der Waals surface area contributed by atoms with Crippen molar-refractivity contribution in [1.82, 2.24) is 0 Å². The molecular weight excluding hydrogens is 976 g/mol. The summed E-state index contributed by atoms with van der Waals surface area (Å²) in [5, 5.41) is 9.81. The first kappa shape index (κ1) is 71.6. The maximum absolute atomic E-state index is 12.9. The van der Waals surface area contributed by atoms with E-state index in [9.17, 15) is 28.9 Å². The highest BCUT2D eigenvalue weighted by molar-refractivity contribution is 7.47. The van der Waals surface area contributed by atoms with Crippen LogP contribution in [-0.4, -0.2) is 66.5 Å². The summed E-state index contributed by atoms with van der Waals surface area (Å²) in [4.78, 5) is 48.5. The zero-order valence-corrected chi connectivity index (χ0v) is 48.3. The van der Waals surface area contributed by atoms with Crippen molar-refractivity contribution in [1.29, 1.82) is 0 Å². The van der Waals surface area contributed by atoms with Gasteiger partial charge in [-0.1, -0.05) is 206 Å². The maximum atomic E-state index is 12.9. The third-order valence-electron chi connectivity index (χ3n) is 11.6. The predicted molar refractivity (Wildman–Crippen MR) is 316 cm³/mol. The molecule has 3 unspecified atom stereocenters. The number of ether oxygens (including phenoxy) is 3. The maximum Gasteiger partial charge on any atom is 0.472 e. The molecule has 0 heterocycles. The third-order valence-corrected chi connectivity index (χ3v) is 12.5. The van der Waals surface area contributed by atoms with Crippen molar-refractivity contribution < 1.29 is 52.2 Å². The summed E-state index contributed by atoms with van der Waals surface area (Å²) in [5.41, 5.74) is 0. The van der Waals surface area contributed by atoms with Crippen LogP contribution >= 0.6 is 7.82 Å². The number of aliphatic hydroxyl groups is 1. The van der Waals surface area contributed by atoms with Crippen molar-refractivity contribution in [3.63, 3.8) is 0 Å². The summed E-state index contributed by atoms with van der Waals surface area (Å²) >= 11 is 0. The molecule has 0 fully saturated rings. The van der Waals surface area contributed by atoms with Crippen LogP contribution in [-0.2, 0) is 42.2 Å². The summed E-state index contributed by atoms with van der Waals surface area (Å²) in [7, 11) is -4.78. The van der Waals surface area contributed by atoms with Gasteiger partial charge >= 0.3 is 25.7 Å². The van der Waals surface area contributed by atoms with Crippen molar-refractivity contribution in [2.24, 2.45) is 0 Å². The second-order valence-corrected chi connectivity index (χ2v) is 20.1. The van der Waals surface area contributed by atoms with E-state index in [1.807, 2.05) is 12.2 Å². The number of hydrogen-bond acceptors (Lipinski definition) is 10. The summed E-state index contributed by atoms with van der Waals surface area (Å²) in [5.74, 6) is -1.62. The normalized spacial score (nSPS) is 14.3. The molecule has 0 rings (SSSR count). The van der Waals surface area contributed by atoms with E-state index in [4.69, 9.17) is 23.3 Å². The van der Waals surface area contributed by atoms with Crippen LogP contribution in [0.1, 0.15) is 213 Å². The number of hydrogen-bond donors (Lipinski definition) is 2. The molecule has 11 nitrogen and oxygen atoms in total. The summed E-state index contributed by atoms with van der Waals surface area (Å²) in [6.45, 7) is 4.26. The molecule has 0 bridgehead atoms. The highest BCUT2D eigenvalue weighted by Gasteiger charge is 2.28. The minimum Gasteiger partial charge on any atom is -0.462 e. The largest absolute Gasteiger partial charge is 0.472 e. The van der Waals surface area contributed by atoms with Gasteiger partial charge in [0.2, 0.25) is 0 Å². The highest BCUT2D eigenvalue weighted by Crippen LogP contribution is 2.43. The van der Waals surface area contributed by atoms with E-state index in [1.165, 1.54) is 25.7 Å². The Kier molecular flexibility index (Phi) is 53.5. The van der Waals surface area contributed by atoms with Crippen molar-refractivity contribution in [3.05, 3.63) is 134 Å². The predicted octanol–water partition coefficient (Wildman–Crippen LogP) is 17.4. The second kappa shape index (κ2) is 56.8. The van der Waals surface area contributed by atoms with Gasteiger partial charge in [-0.15, -0.1) is 0 Å². The number of allylic oxidation sites excluding steroid dienone is 22. The van der Waals surface area contributed by atoms with E-state index in [2.05, 4.69) is 142 Å². The molecule has 0 aliphatic heterocycles. The van der Waals surface area contributed by atoms with Gasteiger partial charge < -0.3 is 24.2 Å². The average Bonchev–Trinajstić information content (AvgIpc) is 3.41. The highest BCUT2D eigenvalue weighted by atomic mass is 31.2. The van der Waals surface area contributed by atoms with Crippen molar-refractivity contribution in [3.8, 4) is 0 Å². The van der Waals surface area contributed by atoms with Crippen LogP contribution in [0.15, 0.2) is 134 Å². The van der Waals surface area contributed by atoms with Crippen molar-refractivity contribution in [2.75, 3.05) is 26.4 Å². The Labute approximate surface area is 461 Å². The third kappa shape index (κ3) is 54.4. The molecule has 430 valence electrons. The van der Waals surface area contributed by atoms with Gasteiger partial charge in [-0.05, 0) is 122 Å². The van der Waals surface area contributed by atoms with Crippen LogP contribution in [0.4, 0.5) is 0 Å². The van der Waals surface area contributed by atoms with E-state index >= 15 is 0 Å². The molecule has 0 aliphatic carbocycles. The number of phosphoric ester groups is 1. The summed E-state index contributed by atoms with van der Waals surface area (Å²) < 4.78 is 39.4. The number of rotatable bonds is 52. The Morgan fingerprint density at radius 1 is 0.382 bits per heavy atom. The molecular formula is C64H103O11P. The molecule has 76 heavy (non-hydrogen) atoms. The van der Waals surface area contributed by atoms with Crippen LogP contribution < -0.4 is 0 Å². The van der Waals surface area contributed by atoms with Gasteiger partial charge in [0.05, 0.1) is 19.8 Å². The van der Waals surface area contributed by atoms with Gasteiger partial charge in [-0.3, -0.25) is 23.4 Å². The lowest BCUT2D eigenvalue weighted by Gasteiger charge is -2.21. The fraction of sp³-hybridized carbons (Fsp3) is 0.609. The number of carbonyl (C=O) groups excluding carboxylic acids is 3. The Hall–Kier alpha value is -4.38. The molecule has 0 saturated heterocycles. The molecule has 0 aliphatic rings. The molecule has 0 amide bonds. The van der Waals surface area contributed by atoms with Crippen LogP contribution in [0.3, 0.4) is 0 Å². The Morgan fingerprint density at radius 2 is 0.711 bits per heavy atom. The monoisotopic (exact) mass is 1080 g/mol. The Bertz CT molecular complexity index is 1780. The first-order valence-corrected chi connectivity index (χ1v) is 30.6. The fourth-order valence-electron chi connectivity index (χ4n) is 7.19. The van der Waals surface area contributed by atoms with Gasteiger partial charge in [0.15, 0.2) is 6.10 Å². The van der Waals surface area contributed by atoms with Crippen LogP contribution in [0, 0.1) is 0 Å². The molecule has 12 heteroatoms. The first-order chi connectivity index (χ1) is 37.2. The molecule has 0 spiro atoms. The van der Waals surface area contributed by atoms with E-state index in [0.717, 1.165) is 128 Å². The lowest BCUT2D eigenvalue weighted by atomic mass is 10.1. The first-order valence-electron chi connectivity index (χ1n) is 29.1. The van der Waals surface area contributed by atoms with Gasteiger partial charge in [-0.25, -0.2) is 4.57 Å². The van der Waals surface area contributed by atoms with Gasteiger partial charge in [0.25, 0.3) is 0 Å². The second-order valence-electron chi connectivity index (χ2n) is 18.7. The van der Waals surface area contributed by atoms with Gasteiger partial charge in [0.1, 0.15) is 12.7 Å². The quantitative estimate of drug-likeness (QED) is 0.0197. The minimum atomic E-state index is -4.78. The number of esters is 3. The lowest BCUT2D eigenvalue weighted by Crippen LogP contribution is -2.30. The van der Waals surface area contributed by atoms with Crippen molar-refractivity contribution >= 4 is 25.7 Å². The average molecular weight is 1080 g/mol. The van der Waals surface area contributed by atoms with E-state index < -0.39 is 64.4 Å². The van der Waals surface area contributed by atoms with Crippen LogP contribution in [0.25, 0.3) is 0 Å². The van der Waals surface area contributed by atoms with Gasteiger partial charge in [0, 0.05) is 19.3 Å². The molecule has 3 atom stereocenters. The minimum absolute atomic E-state index is 0.0879. The van der Waals surface area contributed by atoms with Gasteiger partial charge in [-0.2, -0.15) is 0 Å². The smallest absolute Gasteiger partial charge is 0.462 e. The molecule has 2 N–H and O–H groups in total. The Morgan fingerprint density at radius 3 is 1.12 bits per heavy atom. The Balaban J connectivity index is 4.91. The lowest BCUT2D eigenvalue weighted by molar-refractivity contribution is -0.161. The molecule has 0 radical (unpaired) electrons. The zero-order chi connectivity index (χ0) is 55.5. The van der Waals surface area contributed by atoms with E-state index in [0.29, 0.717) is 19.3 Å². The molecule has 0 saturated carbocycles. The van der Waals surface area contributed by atoms with E-state index in [-0.39, 0.29) is 19.3 Å². The van der Waals surface area contributed by atoms with Crippen LogP contribution in [0.2, 0.25) is 0 Å². The van der Waals surface area contributed by atoms with E-state index in [1.54, 1.807) is 0 Å². The zero-order valence-electron chi connectivity index (χ0n) is 47.4. The molecule has 0 aromatic heterocycles. The number of unbranched alkanes of at least 4 members (excludes halogenated alkanes) is 13.